The van der Waals surface area contributed by atoms with E-state index in [4.69, 9.17) is 5.11 Å². The molecule has 2 unspecified atom stereocenters. The maximum absolute atomic E-state index is 10.5. The number of aliphatic hydroxyl groups excluding tert-OH is 1. The van der Waals surface area contributed by atoms with E-state index in [1.54, 1.807) is 0 Å². The first-order chi connectivity index (χ1) is 4.27. The Balaban J connectivity index is 2.08. The van der Waals surface area contributed by atoms with Gasteiger partial charge in [-0.15, -0.1) is 5.06 Å². The van der Waals surface area contributed by atoms with Crippen LogP contribution >= 0.6 is 0 Å². The summed E-state index contributed by atoms with van der Waals surface area (Å²) in [6.45, 7) is 0.483. The normalized spacial score (nSPS) is 41.7. The van der Waals surface area contributed by atoms with Gasteiger partial charge >= 0.3 is 5.97 Å². The van der Waals surface area contributed by atoms with Crippen LogP contribution in [0.5, 0.6) is 0 Å². The number of hydrogen-bond acceptors (Lipinski definition) is 4. The van der Waals surface area contributed by atoms with Crippen LogP contribution in [0, 0.1) is 0 Å². The van der Waals surface area contributed by atoms with Crippen molar-refractivity contribution in [2.24, 2.45) is 0 Å². The highest BCUT2D eigenvalue weighted by atomic mass is 16.8. The maximum Gasteiger partial charge on any atom is 0.345 e. The van der Waals surface area contributed by atoms with Crippen molar-refractivity contribution in [3.05, 3.63) is 0 Å². The summed E-state index contributed by atoms with van der Waals surface area (Å²) < 4.78 is 0. The third kappa shape index (κ3) is 0.571. The summed E-state index contributed by atoms with van der Waals surface area (Å²) in [5, 5.41) is 10.5. The van der Waals surface area contributed by atoms with E-state index in [0.29, 0.717) is 13.0 Å². The molecule has 1 N–H and O–H groups in total. The smallest absolute Gasteiger partial charge is 0.345 e. The second-order valence-corrected chi connectivity index (χ2v) is 2.42. The quantitative estimate of drug-likeness (QED) is 0.450. The average Bonchev–Trinajstić information content (AvgIpc) is 2.08. The van der Waals surface area contributed by atoms with Crippen LogP contribution in [0.15, 0.2) is 0 Å². The fourth-order valence-corrected chi connectivity index (χ4v) is 1.23. The van der Waals surface area contributed by atoms with Crippen LogP contribution in [0.25, 0.3) is 0 Å². The predicted molar refractivity (Wildman–Crippen MR) is 27.2 cm³/mol. The Labute approximate surface area is 52.0 Å². The molecule has 50 valence electrons. The van der Waals surface area contributed by atoms with Gasteiger partial charge in [-0.1, -0.05) is 0 Å². The third-order valence-corrected chi connectivity index (χ3v) is 1.71. The number of aliphatic hydroxyl groups is 1. The second-order valence-electron chi connectivity index (χ2n) is 2.42. The Hall–Kier alpha value is -0.610. The van der Waals surface area contributed by atoms with Crippen LogP contribution in [0.1, 0.15) is 6.42 Å². The van der Waals surface area contributed by atoms with Crippen molar-refractivity contribution in [1.29, 1.82) is 0 Å². The number of rotatable bonds is 0. The highest BCUT2D eigenvalue weighted by molar-refractivity contribution is 5.80. The molecular weight excluding hydrogens is 122 g/mol. The summed E-state index contributed by atoms with van der Waals surface area (Å²) in [6, 6.07) is -0.139. The molecule has 2 aliphatic heterocycles. The van der Waals surface area contributed by atoms with Crippen LogP contribution in [0.4, 0.5) is 0 Å². The Bertz CT molecular complexity index is 158. The molecule has 0 radical (unpaired) electrons. The number of carbonyl (C=O) groups excluding carboxylic acids is 1. The SMILES string of the molecule is O=C1ON2CC(O)CC12. The van der Waals surface area contributed by atoms with Gasteiger partial charge in [-0.3, -0.25) is 0 Å². The average molecular weight is 129 g/mol. The lowest BCUT2D eigenvalue weighted by molar-refractivity contribution is -0.247. The van der Waals surface area contributed by atoms with Crippen molar-refractivity contribution >= 4 is 5.97 Å². The lowest BCUT2D eigenvalue weighted by Gasteiger charge is -2.30. The van der Waals surface area contributed by atoms with Crippen LogP contribution in [0.3, 0.4) is 0 Å². The van der Waals surface area contributed by atoms with Crippen molar-refractivity contribution in [1.82, 2.24) is 5.06 Å². The van der Waals surface area contributed by atoms with Gasteiger partial charge in [0.25, 0.3) is 0 Å². The molecule has 0 bridgehead atoms. The topological polar surface area (TPSA) is 49.8 Å². The molecule has 2 aliphatic rings. The maximum atomic E-state index is 10.5. The lowest BCUT2D eigenvalue weighted by atomic mass is 10.2. The Morgan fingerprint density at radius 3 is 3.00 bits per heavy atom. The van der Waals surface area contributed by atoms with Crippen molar-refractivity contribution in [3.63, 3.8) is 0 Å². The van der Waals surface area contributed by atoms with E-state index in [-0.39, 0.29) is 18.1 Å². The molecule has 4 nitrogen and oxygen atoms in total. The van der Waals surface area contributed by atoms with Gasteiger partial charge in [-0.2, -0.15) is 0 Å². The van der Waals surface area contributed by atoms with Crippen LogP contribution in [-0.4, -0.2) is 34.8 Å². The van der Waals surface area contributed by atoms with Gasteiger partial charge in [-0.25, -0.2) is 4.79 Å². The molecule has 2 saturated heterocycles. The van der Waals surface area contributed by atoms with Crippen LogP contribution in [0.2, 0.25) is 0 Å². The Morgan fingerprint density at radius 2 is 2.56 bits per heavy atom. The van der Waals surface area contributed by atoms with Crippen molar-refractivity contribution < 1.29 is 14.7 Å². The number of fused-ring (bicyclic) bond motifs is 1. The van der Waals surface area contributed by atoms with Gasteiger partial charge in [-0.05, 0) is 0 Å². The van der Waals surface area contributed by atoms with Gasteiger partial charge in [0.2, 0.25) is 0 Å². The van der Waals surface area contributed by atoms with Crippen LogP contribution in [-0.2, 0) is 9.63 Å². The van der Waals surface area contributed by atoms with Gasteiger partial charge in [0.1, 0.15) is 6.04 Å². The number of nitrogens with zero attached hydrogens (tertiary/aromatic N) is 1. The van der Waals surface area contributed by atoms with Gasteiger partial charge in [0, 0.05) is 6.42 Å². The minimum Gasteiger partial charge on any atom is -0.392 e. The van der Waals surface area contributed by atoms with Crippen LogP contribution < -0.4 is 0 Å². The standard InChI is InChI=1S/C5H7NO3/c7-3-1-4-5(8)9-6(4)2-3/h3-4,7H,1-2H2. The van der Waals surface area contributed by atoms with E-state index < -0.39 is 0 Å². The van der Waals surface area contributed by atoms with E-state index in [0.717, 1.165) is 0 Å². The van der Waals surface area contributed by atoms with Gasteiger partial charge in [0.05, 0.1) is 12.6 Å². The summed E-state index contributed by atoms with van der Waals surface area (Å²) in [7, 11) is 0. The third-order valence-electron chi connectivity index (χ3n) is 1.71. The van der Waals surface area contributed by atoms with Gasteiger partial charge < -0.3 is 9.94 Å². The van der Waals surface area contributed by atoms with E-state index in [1.807, 2.05) is 0 Å². The molecule has 0 aliphatic carbocycles. The molecule has 9 heavy (non-hydrogen) atoms. The first-order valence-electron chi connectivity index (χ1n) is 2.94. The minimum absolute atomic E-state index is 0.139. The molecule has 0 aromatic rings. The number of hydrogen-bond donors (Lipinski definition) is 1. The molecule has 2 fully saturated rings. The Kier molecular flexibility index (Phi) is 0.841. The molecule has 2 atom stereocenters. The Morgan fingerprint density at radius 1 is 1.78 bits per heavy atom. The fourth-order valence-electron chi connectivity index (χ4n) is 1.23. The monoisotopic (exact) mass is 129 g/mol. The highest BCUT2D eigenvalue weighted by Crippen LogP contribution is 2.26. The molecule has 0 aromatic heterocycles. The molecule has 4 heteroatoms. The molecule has 0 saturated carbocycles. The van der Waals surface area contributed by atoms with Crippen molar-refractivity contribution in [3.8, 4) is 0 Å². The molecule has 2 heterocycles. The zero-order chi connectivity index (χ0) is 6.43. The first-order valence-corrected chi connectivity index (χ1v) is 2.94. The van der Waals surface area contributed by atoms with Gasteiger partial charge in [0.15, 0.2) is 0 Å². The lowest BCUT2D eigenvalue weighted by Crippen LogP contribution is -2.50. The zero-order valence-corrected chi connectivity index (χ0v) is 4.78. The first kappa shape index (κ1) is 5.20. The highest BCUT2D eigenvalue weighted by Gasteiger charge is 2.47. The molecule has 0 aromatic carbocycles. The van der Waals surface area contributed by atoms with E-state index in [2.05, 4.69) is 4.84 Å². The molecular formula is C5H7NO3. The summed E-state index contributed by atoms with van der Waals surface area (Å²) in [6.07, 6.45) is 0.167. The fraction of sp³-hybridized carbons (Fsp3) is 0.800. The zero-order valence-electron chi connectivity index (χ0n) is 4.78. The second kappa shape index (κ2) is 1.46. The van der Waals surface area contributed by atoms with Crippen molar-refractivity contribution in [2.75, 3.05) is 6.54 Å². The van der Waals surface area contributed by atoms with E-state index in [1.165, 1.54) is 5.06 Å². The van der Waals surface area contributed by atoms with Crippen molar-refractivity contribution in [2.45, 2.75) is 18.6 Å². The van der Waals surface area contributed by atoms with E-state index in [9.17, 15) is 4.79 Å². The summed E-state index contributed by atoms with van der Waals surface area (Å²) in [4.78, 5) is 15.1. The summed E-state index contributed by atoms with van der Waals surface area (Å²) in [5.74, 6) is -0.202. The van der Waals surface area contributed by atoms with E-state index >= 15 is 0 Å². The summed E-state index contributed by atoms with van der Waals surface area (Å²) >= 11 is 0. The number of carbonyl (C=O) groups is 1. The molecule has 0 spiro atoms. The molecule has 0 amide bonds. The number of hydroxylamine groups is 2. The molecule has 2 rings (SSSR count). The largest absolute Gasteiger partial charge is 0.392 e. The summed E-state index contributed by atoms with van der Waals surface area (Å²) in [5.41, 5.74) is 0. The minimum atomic E-state index is -0.374. The predicted octanol–water partition coefficient (Wildman–Crippen LogP) is -1.11.